The van der Waals surface area contributed by atoms with E-state index in [1.54, 1.807) is 24.5 Å². The lowest BCUT2D eigenvalue weighted by molar-refractivity contribution is 0.0639. The molecule has 0 unspecified atom stereocenters. The second-order valence-electron chi connectivity index (χ2n) is 6.35. The molecule has 0 radical (unpaired) electrons. The number of hydrogen-bond acceptors (Lipinski definition) is 4. The average Bonchev–Trinajstić information content (AvgIpc) is 2.69. The predicted octanol–water partition coefficient (Wildman–Crippen LogP) is 2.96. The molecule has 1 aromatic carbocycles. The van der Waals surface area contributed by atoms with E-state index in [4.69, 9.17) is 11.2 Å². The van der Waals surface area contributed by atoms with Gasteiger partial charge in [0.05, 0.1) is 0 Å². The van der Waals surface area contributed by atoms with Gasteiger partial charge in [0.25, 0.3) is 5.91 Å². The van der Waals surface area contributed by atoms with Gasteiger partial charge in [-0.1, -0.05) is 6.07 Å². The largest absolute Gasteiger partial charge is 0.457 e. The number of aromatic nitrogens is 1. The number of nitrogens with zero attached hydrogens (tertiary/aromatic N) is 3. The second kappa shape index (κ2) is 8.50. The maximum Gasteiger partial charge on any atom is 0.254 e. The quantitative estimate of drug-likeness (QED) is 0.779. The molecule has 2 heterocycles. The van der Waals surface area contributed by atoms with Crippen LogP contribution in [0.3, 0.4) is 0 Å². The van der Waals surface area contributed by atoms with Gasteiger partial charge in [0, 0.05) is 57.1 Å². The summed E-state index contributed by atoms with van der Waals surface area (Å²) in [7, 11) is 0. The molecule has 0 atom stereocenters. The maximum atomic E-state index is 12.8. The highest BCUT2D eigenvalue weighted by Gasteiger charge is 2.22. The molecule has 5 nitrogen and oxygen atoms in total. The van der Waals surface area contributed by atoms with Gasteiger partial charge < -0.3 is 9.64 Å². The number of terminal acetylenes is 1. The topological polar surface area (TPSA) is 45.7 Å². The summed E-state index contributed by atoms with van der Waals surface area (Å²) in [5.74, 6) is 4.10. The molecule has 2 aromatic rings. The fraction of sp³-hybridized carbons (Fsp3) is 0.333. The molecule has 0 bridgehead atoms. The number of piperazine rings is 1. The van der Waals surface area contributed by atoms with Gasteiger partial charge in [0.1, 0.15) is 11.5 Å². The van der Waals surface area contributed by atoms with Crippen LogP contribution in [0, 0.1) is 19.3 Å². The number of carbonyl (C=O) groups excluding carboxylic acids is 1. The van der Waals surface area contributed by atoms with E-state index < -0.39 is 0 Å². The molecule has 134 valence electrons. The van der Waals surface area contributed by atoms with Crippen molar-refractivity contribution in [2.75, 3.05) is 32.7 Å². The smallest absolute Gasteiger partial charge is 0.254 e. The lowest BCUT2D eigenvalue weighted by atomic mass is 10.1. The molecule has 0 spiro atoms. The van der Waals surface area contributed by atoms with E-state index >= 15 is 0 Å². The predicted molar refractivity (Wildman–Crippen MR) is 101 cm³/mol. The summed E-state index contributed by atoms with van der Waals surface area (Å²) in [6, 6.07) is 9.20. The molecule has 1 fully saturated rings. The van der Waals surface area contributed by atoms with Crippen LogP contribution in [-0.4, -0.2) is 53.4 Å². The van der Waals surface area contributed by atoms with E-state index in [-0.39, 0.29) is 5.91 Å². The maximum absolute atomic E-state index is 12.8. The molecule has 0 saturated carbocycles. The Morgan fingerprint density at radius 1 is 1.19 bits per heavy atom. The highest BCUT2D eigenvalue weighted by Crippen LogP contribution is 2.26. The molecule has 1 aliphatic heterocycles. The Kier molecular flexibility index (Phi) is 5.88. The zero-order valence-corrected chi connectivity index (χ0v) is 15.0. The van der Waals surface area contributed by atoms with Crippen LogP contribution in [0.1, 0.15) is 22.3 Å². The zero-order chi connectivity index (χ0) is 18.4. The van der Waals surface area contributed by atoms with Crippen LogP contribution < -0.4 is 4.74 Å². The normalized spacial score (nSPS) is 14.7. The third-order valence-electron chi connectivity index (χ3n) is 4.54. The van der Waals surface area contributed by atoms with Gasteiger partial charge in [0.2, 0.25) is 0 Å². The van der Waals surface area contributed by atoms with E-state index in [1.807, 2.05) is 30.0 Å². The number of hydrogen-bond donors (Lipinski definition) is 0. The number of benzene rings is 1. The molecular weight excluding hydrogens is 326 g/mol. The van der Waals surface area contributed by atoms with E-state index in [9.17, 15) is 4.79 Å². The van der Waals surface area contributed by atoms with Gasteiger partial charge >= 0.3 is 0 Å². The van der Waals surface area contributed by atoms with Gasteiger partial charge in [-0.15, -0.1) is 12.3 Å². The molecule has 0 N–H and O–H groups in total. The van der Waals surface area contributed by atoms with Crippen LogP contribution in [0.15, 0.2) is 42.7 Å². The molecular formula is C21H23N3O2. The molecule has 3 rings (SSSR count). The second-order valence-corrected chi connectivity index (χ2v) is 6.35. The van der Waals surface area contributed by atoms with E-state index in [1.165, 1.54) is 0 Å². The van der Waals surface area contributed by atoms with Gasteiger partial charge in [-0.3, -0.25) is 14.7 Å². The van der Waals surface area contributed by atoms with Crippen LogP contribution in [-0.2, 0) is 0 Å². The summed E-state index contributed by atoms with van der Waals surface area (Å²) in [6.45, 7) is 6.02. The summed E-state index contributed by atoms with van der Waals surface area (Å²) >= 11 is 0. The van der Waals surface area contributed by atoms with Crippen molar-refractivity contribution in [3.8, 4) is 23.8 Å². The molecule has 1 aromatic heterocycles. The van der Waals surface area contributed by atoms with Crippen molar-refractivity contribution in [1.29, 1.82) is 0 Å². The Hall–Kier alpha value is -2.84. The van der Waals surface area contributed by atoms with Crippen LogP contribution >= 0.6 is 0 Å². The number of rotatable bonds is 5. The van der Waals surface area contributed by atoms with Gasteiger partial charge in [-0.2, -0.15) is 0 Å². The van der Waals surface area contributed by atoms with Gasteiger partial charge in [-0.25, -0.2) is 0 Å². The summed E-state index contributed by atoms with van der Waals surface area (Å²) in [5.41, 5.74) is 1.63. The minimum Gasteiger partial charge on any atom is -0.457 e. The number of amides is 1. The summed E-state index contributed by atoms with van der Waals surface area (Å²) in [4.78, 5) is 21.0. The van der Waals surface area contributed by atoms with E-state index in [0.717, 1.165) is 44.7 Å². The van der Waals surface area contributed by atoms with Crippen LogP contribution in [0.2, 0.25) is 0 Å². The van der Waals surface area contributed by atoms with Crippen LogP contribution in [0.25, 0.3) is 0 Å². The highest BCUT2D eigenvalue weighted by atomic mass is 16.5. The fourth-order valence-electron chi connectivity index (χ4n) is 2.96. The SMILES string of the molecule is C#CCCN1CCN(C(=O)c2ccc(C)c(Oc3ccncc3)c2)CC1. The summed E-state index contributed by atoms with van der Waals surface area (Å²) in [6.07, 6.45) is 9.43. The molecule has 1 saturated heterocycles. The Morgan fingerprint density at radius 2 is 1.92 bits per heavy atom. The average molecular weight is 349 g/mol. The lowest BCUT2D eigenvalue weighted by Crippen LogP contribution is -2.48. The monoisotopic (exact) mass is 349 g/mol. The van der Waals surface area contributed by atoms with Crippen molar-refractivity contribution >= 4 is 5.91 Å². The molecule has 5 heteroatoms. The van der Waals surface area contributed by atoms with Crippen molar-refractivity contribution in [2.24, 2.45) is 0 Å². The third kappa shape index (κ3) is 4.41. The van der Waals surface area contributed by atoms with Gasteiger partial charge in [0.15, 0.2) is 0 Å². The molecule has 1 aliphatic rings. The standard InChI is InChI=1S/C21H23N3O2/c1-3-4-11-23-12-14-24(15-13-23)21(25)18-6-5-17(2)20(16-18)26-19-7-9-22-10-8-19/h1,5-10,16H,4,11-15H2,2H3. The Morgan fingerprint density at radius 3 is 2.62 bits per heavy atom. The Balaban J connectivity index is 1.67. The van der Waals surface area contributed by atoms with Crippen molar-refractivity contribution < 1.29 is 9.53 Å². The first kappa shape index (κ1) is 18.0. The lowest BCUT2D eigenvalue weighted by Gasteiger charge is -2.34. The third-order valence-corrected chi connectivity index (χ3v) is 4.54. The molecule has 0 aliphatic carbocycles. The Bertz CT molecular complexity index is 791. The number of carbonyl (C=O) groups is 1. The fourth-order valence-corrected chi connectivity index (χ4v) is 2.96. The summed E-state index contributed by atoms with van der Waals surface area (Å²) in [5, 5.41) is 0. The van der Waals surface area contributed by atoms with Crippen molar-refractivity contribution in [3.63, 3.8) is 0 Å². The molecule has 1 amide bonds. The Labute approximate surface area is 154 Å². The van der Waals surface area contributed by atoms with Gasteiger partial charge in [-0.05, 0) is 36.8 Å². The number of aryl methyl sites for hydroxylation is 1. The van der Waals surface area contributed by atoms with Crippen molar-refractivity contribution in [3.05, 3.63) is 53.9 Å². The molecule has 26 heavy (non-hydrogen) atoms. The first-order chi connectivity index (χ1) is 12.7. The van der Waals surface area contributed by atoms with Crippen LogP contribution in [0.5, 0.6) is 11.5 Å². The first-order valence-corrected chi connectivity index (χ1v) is 8.81. The van der Waals surface area contributed by atoms with Crippen molar-refractivity contribution in [1.82, 2.24) is 14.8 Å². The highest BCUT2D eigenvalue weighted by molar-refractivity contribution is 5.94. The minimum atomic E-state index is 0.0428. The zero-order valence-electron chi connectivity index (χ0n) is 15.0. The summed E-state index contributed by atoms with van der Waals surface area (Å²) < 4.78 is 5.91. The van der Waals surface area contributed by atoms with Crippen LogP contribution in [0.4, 0.5) is 0 Å². The van der Waals surface area contributed by atoms with E-state index in [2.05, 4.69) is 15.8 Å². The number of ether oxygens (including phenoxy) is 1. The van der Waals surface area contributed by atoms with Crippen molar-refractivity contribution in [2.45, 2.75) is 13.3 Å². The van der Waals surface area contributed by atoms with E-state index in [0.29, 0.717) is 17.1 Å². The first-order valence-electron chi connectivity index (χ1n) is 8.81. The number of pyridine rings is 1. The minimum absolute atomic E-state index is 0.0428.